The molecule has 1 aliphatic heterocycles. The van der Waals surface area contributed by atoms with Crippen LogP contribution in [-0.4, -0.2) is 61.0 Å². The number of rotatable bonds is 6. The average Bonchev–Trinajstić information content (AvgIpc) is 2.53. The van der Waals surface area contributed by atoms with Gasteiger partial charge in [-0.1, -0.05) is 25.7 Å². The molecule has 0 amide bonds. The summed E-state index contributed by atoms with van der Waals surface area (Å²) in [5, 5.41) is 1.80. The monoisotopic (exact) mass is 313 g/mol. The largest absolute Gasteiger partial charge is 0.382 e. The minimum atomic E-state index is 0.716. The summed E-state index contributed by atoms with van der Waals surface area (Å²) in [7, 11) is 1.74. The summed E-state index contributed by atoms with van der Waals surface area (Å²) in [5.41, 5.74) is 0. The minimum absolute atomic E-state index is 0.716. The van der Waals surface area contributed by atoms with E-state index in [1.54, 1.807) is 7.11 Å². The van der Waals surface area contributed by atoms with Gasteiger partial charge < -0.3 is 9.47 Å². The van der Waals surface area contributed by atoms with E-state index in [-0.39, 0.29) is 0 Å². The Balaban J connectivity index is 1.58. The van der Waals surface area contributed by atoms with E-state index in [0.717, 1.165) is 42.3 Å². The Morgan fingerprint density at radius 2 is 1.48 bits per heavy atom. The lowest BCUT2D eigenvalue weighted by atomic mass is 9.87. The Hall–Kier alpha value is 0.230. The Labute approximate surface area is 134 Å². The van der Waals surface area contributed by atoms with Gasteiger partial charge >= 0.3 is 0 Å². The first-order valence-corrected chi connectivity index (χ1v) is 9.82. The van der Waals surface area contributed by atoms with Gasteiger partial charge in [0.1, 0.15) is 0 Å². The van der Waals surface area contributed by atoms with Crippen molar-refractivity contribution in [3.05, 3.63) is 0 Å². The van der Waals surface area contributed by atoms with E-state index < -0.39 is 0 Å². The first-order chi connectivity index (χ1) is 10.4. The van der Waals surface area contributed by atoms with Gasteiger partial charge in [0.2, 0.25) is 0 Å². The Morgan fingerprint density at radius 3 is 2.10 bits per heavy atom. The predicted molar refractivity (Wildman–Crippen MR) is 89.1 cm³/mol. The van der Waals surface area contributed by atoms with Crippen LogP contribution < -0.4 is 0 Å². The van der Waals surface area contributed by atoms with Crippen LogP contribution in [0.1, 0.15) is 51.4 Å². The molecule has 1 heterocycles. The molecular weight excluding hydrogens is 282 g/mol. The Kier molecular flexibility index (Phi) is 6.28. The van der Waals surface area contributed by atoms with Gasteiger partial charge in [0.25, 0.3) is 0 Å². The van der Waals surface area contributed by atoms with Crippen LogP contribution in [-0.2, 0) is 9.47 Å². The maximum atomic E-state index is 5.76. The second kappa shape index (κ2) is 8.19. The summed E-state index contributed by atoms with van der Waals surface area (Å²) in [6.07, 6.45) is 11.5. The van der Waals surface area contributed by atoms with E-state index in [0.29, 0.717) is 6.61 Å². The molecular formula is C17H31NO2S. The Bertz CT molecular complexity index is 293. The lowest BCUT2D eigenvalue weighted by Crippen LogP contribution is -2.59. The standard InChI is InChI=1S/C17H31NO2S/c1-19-12-13-20-11-10-18-14-6-2-4-8-16(14)21-17-9-5-3-7-15(17)18/h14-17H,2-13H2,1H3. The van der Waals surface area contributed by atoms with Crippen LogP contribution in [0.3, 0.4) is 0 Å². The molecule has 3 nitrogen and oxygen atoms in total. The SMILES string of the molecule is COCCOCCN1C2CCCCC2SC2CCCCC21. The fourth-order valence-electron chi connectivity index (χ4n) is 4.45. The van der Waals surface area contributed by atoms with E-state index in [4.69, 9.17) is 9.47 Å². The van der Waals surface area contributed by atoms with Crippen molar-refractivity contribution in [3.63, 3.8) is 0 Å². The van der Waals surface area contributed by atoms with Crippen molar-refractivity contribution in [2.45, 2.75) is 74.0 Å². The van der Waals surface area contributed by atoms with Crippen LogP contribution in [0, 0.1) is 0 Å². The summed E-state index contributed by atoms with van der Waals surface area (Å²) in [6, 6.07) is 1.66. The molecule has 0 aromatic heterocycles. The number of nitrogens with zero attached hydrogens (tertiary/aromatic N) is 1. The van der Waals surface area contributed by atoms with Crippen LogP contribution in [0.15, 0.2) is 0 Å². The first-order valence-electron chi connectivity index (χ1n) is 8.88. The van der Waals surface area contributed by atoms with Gasteiger partial charge in [-0.15, -0.1) is 0 Å². The predicted octanol–water partition coefficient (Wildman–Crippen LogP) is 3.32. The third-order valence-electron chi connectivity index (χ3n) is 5.46. The zero-order valence-electron chi connectivity index (χ0n) is 13.5. The fourth-order valence-corrected chi connectivity index (χ4v) is 6.45. The van der Waals surface area contributed by atoms with Crippen LogP contribution in [0.25, 0.3) is 0 Å². The molecule has 2 aliphatic carbocycles. The fraction of sp³-hybridized carbons (Fsp3) is 1.00. The molecule has 3 aliphatic rings. The molecule has 4 atom stereocenters. The number of fused-ring (bicyclic) bond motifs is 2. The second-order valence-electron chi connectivity index (χ2n) is 6.76. The topological polar surface area (TPSA) is 21.7 Å². The third kappa shape index (κ3) is 3.95. The highest BCUT2D eigenvalue weighted by atomic mass is 32.2. The van der Waals surface area contributed by atoms with Crippen molar-refractivity contribution >= 4 is 11.8 Å². The lowest BCUT2D eigenvalue weighted by molar-refractivity contribution is 0.0208. The molecule has 2 saturated carbocycles. The summed E-state index contributed by atoms with van der Waals surface area (Å²) in [4.78, 5) is 2.86. The van der Waals surface area contributed by atoms with Crippen LogP contribution in [0.4, 0.5) is 0 Å². The van der Waals surface area contributed by atoms with Crippen LogP contribution in [0.5, 0.6) is 0 Å². The second-order valence-corrected chi connectivity index (χ2v) is 8.24. The number of ether oxygens (including phenoxy) is 2. The molecule has 4 unspecified atom stereocenters. The number of hydrogen-bond donors (Lipinski definition) is 0. The zero-order valence-corrected chi connectivity index (χ0v) is 14.3. The van der Waals surface area contributed by atoms with Gasteiger partial charge in [-0.3, -0.25) is 4.90 Å². The molecule has 4 heteroatoms. The van der Waals surface area contributed by atoms with Gasteiger partial charge in [0.05, 0.1) is 19.8 Å². The van der Waals surface area contributed by atoms with Gasteiger partial charge in [-0.25, -0.2) is 0 Å². The average molecular weight is 314 g/mol. The highest BCUT2D eigenvalue weighted by Gasteiger charge is 2.44. The summed E-state index contributed by atoms with van der Waals surface area (Å²) in [6.45, 7) is 3.46. The van der Waals surface area contributed by atoms with Crippen molar-refractivity contribution in [2.75, 3.05) is 33.5 Å². The zero-order chi connectivity index (χ0) is 14.5. The molecule has 0 aromatic rings. The van der Waals surface area contributed by atoms with Crippen molar-refractivity contribution in [1.29, 1.82) is 0 Å². The highest BCUT2D eigenvalue weighted by Crippen LogP contribution is 2.46. The van der Waals surface area contributed by atoms with Gasteiger partial charge in [0, 0.05) is 36.2 Å². The molecule has 3 fully saturated rings. The van der Waals surface area contributed by atoms with Crippen molar-refractivity contribution in [2.24, 2.45) is 0 Å². The van der Waals surface area contributed by atoms with E-state index >= 15 is 0 Å². The highest BCUT2D eigenvalue weighted by molar-refractivity contribution is 8.00. The maximum Gasteiger partial charge on any atom is 0.0700 e. The van der Waals surface area contributed by atoms with Crippen molar-refractivity contribution in [3.8, 4) is 0 Å². The summed E-state index contributed by atoms with van der Waals surface area (Å²) < 4.78 is 10.8. The molecule has 0 N–H and O–H groups in total. The molecule has 0 bridgehead atoms. The molecule has 0 spiro atoms. The Morgan fingerprint density at radius 1 is 0.857 bits per heavy atom. The van der Waals surface area contributed by atoms with Gasteiger partial charge in [-0.2, -0.15) is 11.8 Å². The normalized spacial score (nSPS) is 37.0. The van der Waals surface area contributed by atoms with Gasteiger partial charge in [0.15, 0.2) is 0 Å². The quantitative estimate of drug-likeness (QED) is 0.701. The smallest absolute Gasteiger partial charge is 0.0700 e. The number of thioether (sulfide) groups is 1. The molecule has 21 heavy (non-hydrogen) atoms. The van der Waals surface area contributed by atoms with Crippen molar-refractivity contribution in [1.82, 2.24) is 4.90 Å². The molecule has 3 rings (SSSR count). The van der Waals surface area contributed by atoms with E-state index in [9.17, 15) is 0 Å². The third-order valence-corrected chi connectivity index (χ3v) is 7.26. The number of hydrogen-bond acceptors (Lipinski definition) is 4. The van der Waals surface area contributed by atoms with E-state index in [2.05, 4.69) is 16.7 Å². The van der Waals surface area contributed by atoms with E-state index in [1.165, 1.54) is 51.4 Å². The summed E-state index contributed by atoms with van der Waals surface area (Å²) in [5.74, 6) is 0. The van der Waals surface area contributed by atoms with Crippen LogP contribution >= 0.6 is 11.8 Å². The maximum absolute atomic E-state index is 5.76. The molecule has 0 aromatic carbocycles. The molecule has 0 radical (unpaired) electrons. The number of methoxy groups -OCH3 is 1. The first kappa shape index (κ1) is 16.1. The van der Waals surface area contributed by atoms with Crippen LogP contribution in [0.2, 0.25) is 0 Å². The van der Waals surface area contributed by atoms with E-state index in [1.807, 2.05) is 0 Å². The lowest BCUT2D eigenvalue weighted by Gasteiger charge is -2.53. The minimum Gasteiger partial charge on any atom is -0.382 e. The molecule has 1 saturated heterocycles. The summed E-state index contributed by atoms with van der Waals surface area (Å²) >= 11 is 2.35. The molecule has 122 valence electrons. The van der Waals surface area contributed by atoms with Crippen molar-refractivity contribution < 1.29 is 9.47 Å². The van der Waals surface area contributed by atoms with Gasteiger partial charge in [-0.05, 0) is 25.7 Å².